The summed E-state index contributed by atoms with van der Waals surface area (Å²) in [4.78, 5) is 24.3. The van der Waals surface area contributed by atoms with E-state index in [0.717, 1.165) is 10.6 Å². The van der Waals surface area contributed by atoms with Crippen LogP contribution in [-0.4, -0.2) is 39.7 Å². The molecule has 2 rings (SSSR count). The topological polar surface area (TPSA) is 92.8 Å². The summed E-state index contributed by atoms with van der Waals surface area (Å²) < 4.78 is 30.4. The van der Waals surface area contributed by atoms with Gasteiger partial charge in [-0.3, -0.25) is 9.10 Å². The second kappa shape index (κ2) is 9.07. The van der Waals surface area contributed by atoms with Crippen molar-refractivity contribution in [2.24, 2.45) is 0 Å². The monoisotopic (exact) mass is 424 g/mol. The summed E-state index contributed by atoms with van der Waals surface area (Å²) >= 11 is 6.08. The van der Waals surface area contributed by atoms with Crippen LogP contribution in [0.3, 0.4) is 0 Å². The molecule has 0 heterocycles. The Labute approximate surface area is 169 Å². The van der Waals surface area contributed by atoms with Crippen LogP contribution < -0.4 is 9.62 Å². The van der Waals surface area contributed by atoms with Gasteiger partial charge in [0.05, 0.1) is 24.1 Å². The Morgan fingerprint density at radius 1 is 1.18 bits per heavy atom. The molecule has 0 saturated carbocycles. The third kappa shape index (κ3) is 5.46. The first-order valence-electron chi connectivity index (χ1n) is 8.43. The summed E-state index contributed by atoms with van der Waals surface area (Å²) in [7, 11) is -3.73. The number of rotatable bonds is 7. The molecule has 0 spiro atoms. The molecule has 1 N–H and O–H groups in total. The minimum Gasteiger partial charge on any atom is -0.462 e. The number of ether oxygens (including phenoxy) is 1. The second-order valence-electron chi connectivity index (χ2n) is 6.00. The van der Waals surface area contributed by atoms with E-state index in [1.807, 2.05) is 0 Å². The van der Waals surface area contributed by atoms with Crippen molar-refractivity contribution < 1.29 is 22.7 Å². The Morgan fingerprint density at radius 2 is 1.86 bits per heavy atom. The summed E-state index contributed by atoms with van der Waals surface area (Å²) in [5.74, 6) is -1.07. The molecule has 0 aromatic heterocycles. The van der Waals surface area contributed by atoms with E-state index < -0.39 is 28.4 Å². The zero-order chi connectivity index (χ0) is 20.9. The third-order valence-electron chi connectivity index (χ3n) is 3.85. The lowest BCUT2D eigenvalue weighted by molar-refractivity contribution is -0.114. The normalized spacial score (nSPS) is 11.0. The highest BCUT2D eigenvalue weighted by Crippen LogP contribution is 2.28. The van der Waals surface area contributed by atoms with Crippen molar-refractivity contribution in [3.63, 3.8) is 0 Å². The van der Waals surface area contributed by atoms with Crippen LogP contribution in [0.4, 0.5) is 11.4 Å². The average molecular weight is 425 g/mol. The van der Waals surface area contributed by atoms with Gasteiger partial charge in [0.1, 0.15) is 6.54 Å². The number of benzene rings is 2. The lowest BCUT2D eigenvalue weighted by Crippen LogP contribution is -2.37. The van der Waals surface area contributed by atoms with Gasteiger partial charge in [-0.2, -0.15) is 0 Å². The van der Waals surface area contributed by atoms with Crippen molar-refractivity contribution in [2.75, 3.05) is 29.0 Å². The summed E-state index contributed by atoms with van der Waals surface area (Å²) in [6.45, 7) is 3.17. The second-order valence-corrected chi connectivity index (χ2v) is 8.32. The SMILES string of the molecule is CCOC(=O)c1cccc(NC(=O)CN(c2cccc(Cl)c2C)S(C)(=O)=O)c1. The predicted molar refractivity (Wildman–Crippen MR) is 109 cm³/mol. The first kappa shape index (κ1) is 21.7. The van der Waals surface area contributed by atoms with Crippen LogP contribution in [0.15, 0.2) is 42.5 Å². The maximum atomic E-state index is 12.5. The van der Waals surface area contributed by atoms with Gasteiger partial charge in [0.2, 0.25) is 15.9 Å². The third-order valence-corrected chi connectivity index (χ3v) is 5.39. The Kier molecular flexibility index (Phi) is 7.04. The zero-order valence-electron chi connectivity index (χ0n) is 15.7. The smallest absolute Gasteiger partial charge is 0.338 e. The fourth-order valence-electron chi connectivity index (χ4n) is 2.52. The number of halogens is 1. The van der Waals surface area contributed by atoms with Gasteiger partial charge in [-0.25, -0.2) is 13.2 Å². The number of hydrogen-bond donors (Lipinski definition) is 1. The molecule has 9 heteroatoms. The van der Waals surface area contributed by atoms with Crippen molar-refractivity contribution in [1.82, 2.24) is 0 Å². The largest absolute Gasteiger partial charge is 0.462 e. The van der Waals surface area contributed by atoms with E-state index in [4.69, 9.17) is 16.3 Å². The number of nitrogens with zero attached hydrogens (tertiary/aromatic N) is 1. The molecular weight excluding hydrogens is 404 g/mol. The van der Waals surface area contributed by atoms with Crippen molar-refractivity contribution in [1.29, 1.82) is 0 Å². The number of anilines is 2. The van der Waals surface area contributed by atoms with Crippen LogP contribution in [0.1, 0.15) is 22.8 Å². The van der Waals surface area contributed by atoms with Gasteiger partial charge in [-0.15, -0.1) is 0 Å². The molecule has 0 bridgehead atoms. The Morgan fingerprint density at radius 3 is 2.50 bits per heavy atom. The Hall–Kier alpha value is -2.58. The highest BCUT2D eigenvalue weighted by atomic mass is 35.5. The van der Waals surface area contributed by atoms with Crippen LogP contribution in [0.2, 0.25) is 5.02 Å². The molecule has 2 aromatic rings. The molecule has 2 aromatic carbocycles. The van der Waals surface area contributed by atoms with Gasteiger partial charge in [0.25, 0.3) is 0 Å². The Balaban J connectivity index is 2.23. The molecule has 0 aliphatic carbocycles. The van der Waals surface area contributed by atoms with E-state index in [9.17, 15) is 18.0 Å². The number of amides is 1. The minimum atomic E-state index is -3.73. The fourth-order valence-corrected chi connectivity index (χ4v) is 3.59. The van der Waals surface area contributed by atoms with E-state index in [2.05, 4.69) is 5.32 Å². The number of sulfonamides is 1. The lowest BCUT2D eigenvalue weighted by atomic mass is 10.2. The maximum Gasteiger partial charge on any atom is 0.338 e. The van der Waals surface area contributed by atoms with Crippen LogP contribution in [0, 0.1) is 6.92 Å². The molecule has 0 aliphatic rings. The highest BCUT2D eigenvalue weighted by molar-refractivity contribution is 7.92. The molecule has 28 heavy (non-hydrogen) atoms. The molecule has 1 amide bonds. The zero-order valence-corrected chi connectivity index (χ0v) is 17.3. The molecule has 7 nitrogen and oxygen atoms in total. The molecule has 150 valence electrons. The van der Waals surface area contributed by atoms with Gasteiger partial charge in [-0.1, -0.05) is 23.7 Å². The van der Waals surface area contributed by atoms with Gasteiger partial charge < -0.3 is 10.1 Å². The molecule has 0 atom stereocenters. The van der Waals surface area contributed by atoms with Crippen LogP contribution in [-0.2, 0) is 19.6 Å². The first-order chi connectivity index (χ1) is 13.1. The summed E-state index contributed by atoms with van der Waals surface area (Å²) in [6.07, 6.45) is 1.02. The standard InChI is InChI=1S/C19H21ClN2O5S/c1-4-27-19(24)14-7-5-8-15(11-14)21-18(23)12-22(28(3,25)26)17-10-6-9-16(20)13(17)2/h5-11H,4,12H2,1-3H3,(H,21,23). The van der Waals surface area contributed by atoms with Gasteiger partial charge >= 0.3 is 5.97 Å². The van der Waals surface area contributed by atoms with Crippen LogP contribution in [0.5, 0.6) is 0 Å². The summed E-state index contributed by atoms with van der Waals surface area (Å²) in [5.41, 5.74) is 1.51. The number of nitrogens with one attached hydrogen (secondary N) is 1. The van der Waals surface area contributed by atoms with E-state index in [0.29, 0.717) is 22.0 Å². The molecule has 0 unspecified atom stereocenters. The highest BCUT2D eigenvalue weighted by Gasteiger charge is 2.23. The summed E-state index contributed by atoms with van der Waals surface area (Å²) in [5, 5.41) is 3.00. The van der Waals surface area contributed by atoms with Crippen LogP contribution >= 0.6 is 11.6 Å². The number of esters is 1. The van der Waals surface area contributed by atoms with Crippen molar-refractivity contribution in [3.05, 3.63) is 58.6 Å². The Bertz CT molecular complexity index is 992. The molecule has 0 aliphatic heterocycles. The number of hydrogen-bond acceptors (Lipinski definition) is 5. The molecular formula is C19H21ClN2O5S. The average Bonchev–Trinajstić information content (AvgIpc) is 2.62. The quantitative estimate of drug-likeness (QED) is 0.689. The molecule has 0 saturated heterocycles. The van der Waals surface area contributed by atoms with Gasteiger partial charge in [0, 0.05) is 10.7 Å². The fraction of sp³-hybridized carbons (Fsp3) is 0.263. The summed E-state index contributed by atoms with van der Waals surface area (Å²) in [6, 6.07) is 11.0. The van der Waals surface area contributed by atoms with E-state index in [-0.39, 0.29) is 12.2 Å². The van der Waals surface area contributed by atoms with E-state index in [1.165, 1.54) is 6.07 Å². The maximum absolute atomic E-state index is 12.5. The van der Waals surface area contributed by atoms with E-state index >= 15 is 0 Å². The predicted octanol–water partition coefficient (Wildman–Crippen LogP) is 3.23. The number of carbonyl (C=O) groups is 2. The van der Waals surface area contributed by atoms with Gasteiger partial charge in [-0.05, 0) is 49.7 Å². The first-order valence-corrected chi connectivity index (χ1v) is 10.7. The lowest BCUT2D eigenvalue weighted by Gasteiger charge is -2.24. The minimum absolute atomic E-state index is 0.234. The van der Waals surface area contributed by atoms with Crippen molar-refractivity contribution in [2.45, 2.75) is 13.8 Å². The van der Waals surface area contributed by atoms with Crippen molar-refractivity contribution >= 4 is 44.9 Å². The van der Waals surface area contributed by atoms with Crippen molar-refractivity contribution in [3.8, 4) is 0 Å². The van der Waals surface area contributed by atoms with Gasteiger partial charge in [0.15, 0.2) is 0 Å². The molecule has 0 radical (unpaired) electrons. The van der Waals surface area contributed by atoms with E-state index in [1.54, 1.807) is 50.2 Å². The van der Waals surface area contributed by atoms with Crippen LogP contribution in [0.25, 0.3) is 0 Å². The number of carbonyl (C=O) groups excluding carboxylic acids is 2. The molecule has 0 fully saturated rings.